The number of pyridine rings is 1. The molecule has 2 aromatic heterocycles. The van der Waals surface area contributed by atoms with Crippen LogP contribution < -0.4 is 0 Å². The molecule has 0 bridgehead atoms. The highest BCUT2D eigenvalue weighted by Gasteiger charge is 2.15. The van der Waals surface area contributed by atoms with Gasteiger partial charge in [0.1, 0.15) is 0 Å². The summed E-state index contributed by atoms with van der Waals surface area (Å²) in [6, 6.07) is 3.70. The number of carboxylic acid groups (broad SMARTS) is 1. The van der Waals surface area contributed by atoms with Crippen LogP contribution in [0.1, 0.15) is 9.88 Å². The highest BCUT2D eigenvalue weighted by Crippen LogP contribution is 2.28. The van der Waals surface area contributed by atoms with Crippen molar-refractivity contribution in [3.05, 3.63) is 34.4 Å². The van der Waals surface area contributed by atoms with Crippen molar-refractivity contribution in [2.45, 2.75) is 12.8 Å². The first kappa shape index (κ1) is 13.6. The van der Waals surface area contributed by atoms with Crippen molar-refractivity contribution in [3.8, 4) is 11.3 Å². The fourth-order valence-corrected chi connectivity index (χ4v) is 2.74. The summed E-state index contributed by atoms with van der Waals surface area (Å²) >= 11 is 1.42. The number of carbonyl (C=O) groups is 1. The fraction of sp³-hybridized carbons (Fsp3) is 0.308. The minimum absolute atomic E-state index is 0.0190. The summed E-state index contributed by atoms with van der Waals surface area (Å²) in [5.74, 6) is -0.855. The van der Waals surface area contributed by atoms with Crippen molar-refractivity contribution in [1.29, 1.82) is 0 Å². The Hall–Kier alpha value is -1.79. The first-order valence-electron chi connectivity index (χ1n) is 5.80. The molecule has 6 heteroatoms. The van der Waals surface area contributed by atoms with Crippen LogP contribution in [0.25, 0.3) is 11.3 Å². The number of carboxylic acids is 1. The molecular formula is C13H14N2O3S. The first-order valence-corrected chi connectivity index (χ1v) is 6.62. The molecule has 0 saturated heterocycles. The first-order chi connectivity index (χ1) is 9.20. The average molecular weight is 278 g/mol. The lowest BCUT2D eigenvalue weighted by atomic mass is 10.1. The van der Waals surface area contributed by atoms with E-state index < -0.39 is 5.97 Å². The molecule has 2 heterocycles. The van der Waals surface area contributed by atoms with Gasteiger partial charge in [-0.25, -0.2) is 4.98 Å². The van der Waals surface area contributed by atoms with Gasteiger partial charge in [-0.2, -0.15) is 0 Å². The van der Waals surface area contributed by atoms with E-state index in [-0.39, 0.29) is 6.42 Å². The van der Waals surface area contributed by atoms with Gasteiger partial charge in [-0.05, 0) is 12.1 Å². The summed E-state index contributed by atoms with van der Waals surface area (Å²) in [5.41, 5.74) is 1.56. The Labute approximate surface area is 114 Å². The molecular weight excluding hydrogens is 264 g/mol. The molecule has 0 amide bonds. The number of nitrogens with zero attached hydrogens (tertiary/aromatic N) is 2. The number of thiazole rings is 1. The molecule has 0 unspecified atom stereocenters. The summed E-state index contributed by atoms with van der Waals surface area (Å²) in [6.45, 7) is 0.576. The van der Waals surface area contributed by atoms with E-state index in [4.69, 9.17) is 9.84 Å². The molecule has 0 radical (unpaired) electrons. The Balaban J connectivity index is 2.33. The monoisotopic (exact) mass is 278 g/mol. The molecule has 0 atom stereocenters. The second-order valence-corrected chi connectivity index (χ2v) is 5.10. The molecule has 0 fully saturated rings. The Morgan fingerprint density at radius 3 is 3.00 bits per heavy atom. The van der Waals surface area contributed by atoms with Crippen molar-refractivity contribution in [1.82, 2.24) is 9.97 Å². The largest absolute Gasteiger partial charge is 0.481 e. The topological polar surface area (TPSA) is 72.3 Å². The van der Waals surface area contributed by atoms with Gasteiger partial charge < -0.3 is 9.84 Å². The van der Waals surface area contributed by atoms with E-state index in [9.17, 15) is 4.79 Å². The van der Waals surface area contributed by atoms with E-state index in [1.807, 2.05) is 12.1 Å². The van der Waals surface area contributed by atoms with Crippen LogP contribution >= 0.6 is 11.3 Å². The highest BCUT2D eigenvalue weighted by molar-refractivity contribution is 7.12. The molecule has 0 aromatic carbocycles. The predicted molar refractivity (Wildman–Crippen MR) is 72.3 cm³/mol. The summed E-state index contributed by atoms with van der Waals surface area (Å²) in [6.07, 6.45) is 4.04. The number of aromatic nitrogens is 2. The Morgan fingerprint density at radius 1 is 1.53 bits per heavy atom. The van der Waals surface area contributed by atoms with Gasteiger partial charge in [-0.15, -0.1) is 11.3 Å². The maximum absolute atomic E-state index is 10.9. The molecule has 0 aliphatic heterocycles. The number of aliphatic carboxylic acids is 1. The van der Waals surface area contributed by atoms with Crippen LogP contribution in [0.5, 0.6) is 0 Å². The average Bonchev–Trinajstić information content (AvgIpc) is 2.79. The van der Waals surface area contributed by atoms with Gasteiger partial charge in [-0.3, -0.25) is 9.78 Å². The summed E-state index contributed by atoms with van der Waals surface area (Å²) in [4.78, 5) is 20.2. The fourth-order valence-electron chi connectivity index (χ4n) is 1.68. The Bertz CT molecular complexity index is 554. The number of hydrogen-bond donors (Lipinski definition) is 1. The van der Waals surface area contributed by atoms with E-state index in [1.54, 1.807) is 19.5 Å². The van der Waals surface area contributed by atoms with Crippen LogP contribution in [0, 0.1) is 0 Å². The lowest BCUT2D eigenvalue weighted by Gasteiger charge is -1.98. The lowest BCUT2D eigenvalue weighted by molar-refractivity contribution is -0.136. The van der Waals surface area contributed by atoms with Gasteiger partial charge in [0.25, 0.3) is 0 Å². The maximum atomic E-state index is 10.9. The zero-order valence-electron chi connectivity index (χ0n) is 10.5. The van der Waals surface area contributed by atoms with Crippen LogP contribution in [-0.2, 0) is 22.4 Å². The third-order valence-electron chi connectivity index (χ3n) is 2.51. The normalized spacial score (nSPS) is 10.6. The molecule has 5 nitrogen and oxygen atoms in total. The van der Waals surface area contributed by atoms with Gasteiger partial charge in [-0.1, -0.05) is 0 Å². The van der Waals surface area contributed by atoms with Crippen LogP contribution in [0.15, 0.2) is 24.5 Å². The van der Waals surface area contributed by atoms with Crippen molar-refractivity contribution in [2.75, 3.05) is 13.7 Å². The SMILES string of the molecule is COCCc1nc(-c2cccnc2)c(CC(=O)O)s1. The van der Waals surface area contributed by atoms with Gasteiger partial charge >= 0.3 is 5.97 Å². The number of methoxy groups -OCH3 is 1. The summed E-state index contributed by atoms with van der Waals surface area (Å²) in [5, 5.41) is 9.85. The molecule has 0 aliphatic rings. The van der Waals surface area contributed by atoms with Gasteiger partial charge in [0.2, 0.25) is 0 Å². The quantitative estimate of drug-likeness (QED) is 0.875. The number of hydrogen-bond acceptors (Lipinski definition) is 5. The van der Waals surface area contributed by atoms with Crippen LogP contribution in [-0.4, -0.2) is 34.8 Å². The Morgan fingerprint density at radius 2 is 2.37 bits per heavy atom. The summed E-state index contributed by atoms with van der Waals surface area (Å²) < 4.78 is 5.02. The molecule has 2 aromatic rings. The van der Waals surface area contributed by atoms with E-state index in [1.165, 1.54) is 11.3 Å². The number of rotatable bonds is 6. The van der Waals surface area contributed by atoms with Crippen molar-refractivity contribution < 1.29 is 14.6 Å². The van der Waals surface area contributed by atoms with Gasteiger partial charge in [0, 0.05) is 36.4 Å². The molecule has 2 rings (SSSR count). The predicted octanol–water partition coefficient (Wildman–Crippen LogP) is 2.02. The highest BCUT2D eigenvalue weighted by atomic mass is 32.1. The second-order valence-electron chi connectivity index (χ2n) is 3.93. The van der Waals surface area contributed by atoms with Gasteiger partial charge in [0.05, 0.1) is 23.7 Å². The van der Waals surface area contributed by atoms with E-state index in [0.717, 1.165) is 15.4 Å². The van der Waals surface area contributed by atoms with E-state index >= 15 is 0 Å². The van der Waals surface area contributed by atoms with Crippen molar-refractivity contribution in [2.24, 2.45) is 0 Å². The van der Waals surface area contributed by atoms with E-state index in [0.29, 0.717) is 18.7 Å². The standard InChI is InChI=1S/C13H14N2O3S/c1-18-6-4-11-15-13(9-3-2-5-14-8-9)10(19-11)7-12(16)17/h2-3,5,8H,4,6-7H2,1H3,(H,16,17). The van der Waals surface area contributed by atoms with Crippen molar-refractivity contribution in [3.63, 3.8) is 0 Å². The second kappa shape index (κ2) is 6.40. The van der Waals surface area contributed by atoms with Crippen LogP contribution in [0.4, 0.5) is 0 Å². The lowest BCUT2D eigenvalue weighted by Crippen LogP contribution is -1.99. The smallest absolute Gasteiger partial charge is 0.308 e. The maximum Gasteiger partial charge on any atom is 0.308 e. The minimum atomic E-state index is -0.855. The number of ether oxygens (including phenoxy) is 1. The molecule has 1 N–H and O–H groups in total. The van der Waals surface area contributed by atoms with Crippen LogP contribution in [0.2, 0.25) is 0 Å². The molecule has 0 spiro atoms. The van der Waals surface area contributed by atoms with Gasteiger partial charge in [0.15, 0.2) is 0 Å². The molecule has 0 saturated carbocycles. The van der Waals surface area contributed by atoms with E-state index in [2.05, 4.69) is 9.97 Å². The summed E-state index contributed by atoms with van der Waals surface area (Å²) in [7, 11) is 1.63. The molecule has 0 aliphatic carbocycles. The zero-order valence-corrected chi connectivity index (χ0v) is 11.3. The van der Waals surface area contributed by atoms with Crippen molar-refractivity contribution >= 4 is 17.3 Å². The minimum Gasteiger partial charge on any atom is -0.481 e. The molecule has 100 valence electrons. The zero-order chi connectivity index (χ0) is 13.7. The third-order valence-corrected chi connectivity index (χ3v) is 3.62. The Kier molecular flexibility index (Phi) is 4.59. The van der Waals surface area contributed by atoms with Crippen LogP contribution in [0.3, 0.4) is 0 Å². The molecule has 19 heavy (non-hydrogen) atoms. The third kappa shape index (κ3) is 3.59.